The largest absolute Gasteiger partial charge is 0.508 e. The first-order chi connectivity index (χ1) is 12.0. The second kappa shape index (κ2) is 8.44. The lowest BCUT2D eigenvalue weighted by Gasteiger charge is -2.04. The van der Waals surface area contributed by atoms with Crippen molar-refractivity contribution in [3.8, 4) is 11.5 Å². The number of carbonyl (C=O) groups excluding carboxylic acids is 1. The Morgan fingerprint density at radius 1 is 1.32 bits per heavy atom. The molecule has 25 heavy (non-hydrogen) atoms. The molecule has 130 valence electrons. The van der Waals surface area contributed by atoms with Crippen molar-refractivity contribution < 1.29 is 19.6 Å². The Balaban J connectivity index is 1.99. The summed E-state index contributed by atoms with van der Waals surface area (Å²) in [5.74, 6) is -0.0392. The van der Waals surface area contributed by atoms with Gasteiger partial charge in [-0.05, 0) is 36.8 Å². The molecule has 0 saturated carbocycles. The molecule has 8 nitrogen and oxygen atoms in total. The van der Waals surface area contributed by atoms with E-state index in [1.807, 2.05) is 0 Å². The number of nitro benzene ring substituents is 1. The third kappa shape index (κ3) is 5.31. The zero-order valence-electron chi connectivity index (χ0n) is 13.5. The third-order valence-corrected chi connectivity index (χ3v) is 3.18. The lowest BCUT2D eigenvalue weighted by Crippen LogP contribution is -2.19. The number of carbonyl (C=O) groups is 1. The van der Waals surface area contributed by atoms with Gasteiger partial charge in [0.05, 0.1) is 24.2 Å². The van der Waals surface area contributed by atoms with E-state index in [9.17, 15) is 20.0 Å². The Morgan fingerprint density at radius 3 is 2.68 bits per heavy atom. The van der Waals surface area contributed by atoms with Gasteiger partial charge in [-0.15, -0.1) is 0 Å². The Hall–Kier alpha value is -3.42. The van der Waals surface area contributed by atoms with Crippen LogP contribution in [0.4, 0.5) is 5.69 Å². The maximum atomic E-state index is 11.8. The third-order valence-electron chi connectivity index (χ3n) is 3.18. The van der Waals surface area contributed by atoms with Crippen molar-refractivity contribution in [3.05, 3.63) is 63.7 Å². The first kappa shape index (κ1) is 17.9. The Bertz CT molecular complexity index is 787. The van der Waals surface area contributed by atoms with Gasteiger partial charge in [-0.2, -0.15) is 5.10 Å². The summed E-state index contributed by atoms with van der Waals surface area (Å²) in [5, 5.41) is 24.0. The van der Waals surface area contributed by atoms with E-state index in [1.54, 1.807) is 25.1 Å². The predicted octanol–water partition coefficient (Wildman–Crippen LogP) is 2.39. The van der Waals surface area contributed by atoms with Gasteiger partial charge >= 0.3 is 5.69 Å². The Kier molecular flexibility index (Phi) is 6.05. The first-order valence-electron chi connectivity index (χ1n) is 7.50. The van der Waals surface area contributed by atoms with Gasteiger partial charge in [0, 0.05) is 11.6 Å². The quantitative estimate of drug-likeness (QED) is 0.455. The van der Waals surface area contributed by atoms with Gasteiger partial charge in [-0.1, -0.05) is 12.1 Å². The summed E-state index contributed by atoms with van der Waals surface area (Å²) >= 11 is 0. The number of nitro groups is 1. The molecule has 2 aromatic carbocycles. The monoisotopic (exact) mass is 343 g/mol. The molecule has 0 unspecified atom stereocenters. The van der Waals surface area contributed by atoms with Gasteiger partial charge in [0.2, 0.25) is 5.91 Å². The van der Waals surface area contributed by atoms with Crippen molar-refractivity contribution in [2.45, 2.75) is 13.3 Å². The number of hydrogen-bond acceptors (Lipinski definition) is 6. The molecule has 1 amide bonds. The van der Waals surface area contributed by atoms with Gasteiger partial charge in [-0.3, -0.25) is 14.9 Å². The van der Waals surface area contributed by atoms with Gasteiger partial charge < -0.3 is 9.84 Å². The Labute approximate surface area is 143 Å². The number of phenolic OH excluding ortho intramolecular Hbond substituents is 1. The van der Waals surface area contributed by atoms with E-state index in [0.717, 1.165) is 5.56 Å². The fourth-order valence-corrected chi connectivity index (χ4v) is 2.05. The maximum absolute atomic E-state index is 11.8. The van der Waals surface area contributed by atoms with Crippen LogP contribution in [-0.2, 0) is 11.2 Å². The highest BCUT2D eigenvalue weighted by Crippen LogP contribution is 2.27. The molecule has 2 N–H and O–H groups in total. The molecule has 0 spiro atoms. The van der Waals surface area contributed by atoms with Crippen LogP contribution in [0.3, 0.4) is 0 Å². The molecule has 8 heteroatoms. The van der Waals surface area contributed by atoms with Crippen LogP contribution in [-0.4, -0.2) is 28.8 Å². The van der Waals surface area contributed by atoms with E-state index < -0.39 is 4.92 Å². The molecule has 0 radical (unpaired) electrons. The topological polar surface area (TPSA) is 114 Å². The van der Waals surface area contributed by atoms with Crippen LogP contribution in [0.15, 0.2) is 47.6 Å². The zero-order chi connectivity index (χ0) is 18.2. The molecule has 0 bridgehead atoms. The molecule has 0 aliphatic carbocycles. The van der Waals surface area contributed by atoms with E-state index in [-0.39, 0.29) is 29.5 Å². The van der Waals surface area contributed by atoms with Crippen molar-refractivity contribution in [2.24, 2.45) is 5.10 Å². The first-order valence-corrected chi connectivity index (χ1v) is 7.50. The number of phenols is 1. The van der Waals surface area contributed by atoms with Crippen LogP contribution >= 0.6 is 0 Å². The van der Waals surface area contributed by atoms with Crippen LogP contribution in [0, 0.1) is 10.1 Å². The molecular weight excluding hydrogens is 326 g/mol. The summed E-state index contributed by atoms with van der Waals surface area (Å²) < 4.78 is 5.20. The molecular formula is C17H17N3O5. The molecule has 2 rings (SSSR count). The molecule has 0 heterocycles. The summed E-state index contributed by atoms with van der Waals surface area (Å²) in [6, 6.07) is 10.7. The van der Waals surface area contributed by atoms with Crippen molar-refractivity contribution in [1.82, 2.24) is 5.43 Å². The molecule has 0 aromatic heterocycles. The van der Waals surface area contributed by atoms with Gasteiger partial charge in [0.1, 0.15) is 5.75 Å². The number of nitrogens with zero attached hydrogens (tertiary/aromatic N) is 2. The number of rotatable bonds is 7. The highest BCUT2D eigenvalue weighted by molar-refractivity contribution is 5.84. The van der Waals surface area contributed by atoms with Crippen LogP contribution in [0.5, 0.6) is 11.5 Å². The smallest absolute Gasteiger partial charge is 0.311 e. The summed E-state index contributed by atoms with van der Waals surface area (Å²) in [5.41, 5.74) is 3.37. The minimum absolute atomic E-state index is 0.0983. The highest BCUT2D eigenvalue weighted by Gasteiger charge is 2.15. The fourth-order valence-electron chi connectivity index (χ4n) is 2.05. The lowest BCUT2D eigenvalue weighted by molar-refractivity contribution is -0.385. The molecule has 0 atom stereocenters. The minimum atomic E-state index is -0.536. The average molecular weight is 343 g/mol. The molecule has 2 aromatic rings. The second-order valence-electron chi connectivity index (χ2n) is 5.05. The molecule has 0 aliphatic heterocycles. The normalized spacial score (nSPS) is 10.6. The second-order valence-corrected chi connectivity index (χ2v) is 5.05. The molecule has 0 aliphatic rings. The number of amides is 1. The van der Waals surface area contributed by atoms with E-state index in [0.29, 0.717) is 12.2 Å². The number of ether oxygens (including phenoxy) is 1. The number of hydrogen-bond donors (Lipinski definition) is 2. The number of benzene rings is 2. The van der Waals surface area contributed by atoms with Crippen molar-refractivity contribution in [2.75, 3.05) is 6.61 Å². The van der Waals surface area contributed by atoms with Crippen LogP contribution in [0.1, 0.15) is 18.1 Å². The van der Waals surface area contributed by atoms with Gasteiger partial charge in [0.25, 0.3) is 0 Å². The summed E-state index contributed by atoms with van der Waals surface area (Å²) in [6.45, 7) is 2.06. The molecule has 0 saturated heterocycles. The van der Waals surface area contributed by atoms with E-state index in [4.69, 9.17) is 4.74 Å². The molecule has 0 fully saturated rings. The fraction of sp³-hybridized carbons (Fsp3) is 0.176. The number of nitrogens with one attached hydrogen (secondary N) is 1. The van der Waals surface area contributed by atoms with Crippen molar-refractivity contribution in [3.63, 3.8) is 0 Å². The number of aromatic hydroxyl groups is 1. The summed E-state index contributed by atoms with van der Waals surface area (Å²) in [4.78, 5) is 22.3. The van der Waals surface area contributed by atoms with Gasteiger partial charge in [0.15, 0.2) is 5.75 Å². The van der Waals surface area contributed by atoms with E-state index in [1.165, 1.54) is 30.5 Å². The minimum Gasteiger partial charge on any atom is -0.508 e. The average Bonchev–Trinajstić information content (AvgIpc) is 2.58. The van der Waals surface area contributed by atoms with Crippen LogP contribution < -0.4 is 10.2 Å². The van der Waals surface area contributed by atoms with Gasteiger partial charge in [-0.25, -0.2) is 5.43 Å². The standard InChI is InChI=1S/C17H17N3O5/c1-2-25-16-8-5-13(9-15(16)20(23)24)11-18-19-17(22)10-12-3-6-14(21)7-4-12/h3-9,11,21H,2,10H2,1H3,(H,19,22)/b18-11-. The van der Waals surface area contributed by atoms with Crippen molar-refractivity contribution in [1.29, 1.82) is 0 Å². The summed E-state index contributed by atoms with van der Waals surface area (Å²) in [6.07, 6.45) is 1.42. The van der Waals surface area contributed by atoms with E-state index in [2.05, 4.69) is 10.5 Å². The van der Waals surface area contributed by atoms with Crippen LogP contribution in [0.25, 0.3) is 0 Å². The zero-order valence-corrected chi connectivity index (χ0v) is 13.5. The maximum Gasteiger partial charge on any atom is 0.311 e. The lowest BCUT2D eigenvalue weighted by atomic mass is 10.1. The Morgan fingerprint density at radius 2 is 2.04 bits per heavy atom. The van der Waals surface area contributed by atoms with E-state index >= 15 is 0 Å². The van der Waals surface area contributed by atoms with Crippen molar-refractivity contribution >= 4 is 17.8 Å². The summed E-state index contributed by atoms with van der Waals surface area (Å²) in [7, 11) is 0. The van der Waals surface area contributed by atoms with Crippen LogP contribution in [0.2, 0.25) is 0 Å². The highest BCUT2D eigenvalue weighted by atomic mass is 16.6. The SMILES string of the molecule is CCOc1ccc(/C=N\NC(=O)Cc2ccc(O)cc2)cc1[N+](=O)[O-]. The number of hydrazone groups is 1. The predicted molar refractivity (Wildman–Crippen MR) is 91.8 cm³/mol.